The number of hydrogen-bond donors (Lipinski definition) is 0. The molecule has 0 aliphatic carbocycles. The van der Waals surface area contributed by atoms with Crippen LogP contribution in [0.5, 0.6) is 0 Å². The number of piperidine rings is 1. The number of benzene rings is 1. The van der Waals surface area contributed by atoms with Crippen LogP contribution in [0.4, 0.5) is 4.39 Å². The summed E-state index contributed by atoms with van der Waals surface area (Å²) < 4.78 is 26.2. The van der Waals surface area contributed by atoms with E-state index in [0.29, 0.717) is 12.5 Å². The van der Waals surface area contributed by atoms with E-state index in [4.69, 9.17) is 9.26 Å². The SMILES string of the molecule is COC(=O)C1C(c2ccc([I-]c3cc(I)on3)cc2)CC2CCC1N2CCCF. The Morgan fingerprint density at radius 2 is 2.17 bits per heavy atom. The number of ether oxygens (including phenoxy) is 1. The van der Waals surface area contributed by atoms with Gasteiger partial charge in [0.1, 0.15) is 0 Å². The fourth-order valence-corrected chi connectivity index (χ4v) is 7.85. The van der Waals surface area contributed by atoms with Crippen molar-refractivity contribution >= 4 is 28.6 Å². The standard InChI is InChI=1S/C21H24FI2N2O3/c1-28-21(27)20-16(11-15-7-8-17(20)26(15)10-2-9-22)13-3-5-14(6-4-13)24-19-12-18(23)29-25-19/h3-6,12,15-17,20H,2,7-11H2,1H3/q-1. The van der Waals surface area contributed by atoms with Crippen LogP contribution in [0.25, 0.3) is 0 Å². The Morgan fingerprint density at radius 1 is 1.38 bits per heavy atom. The van der Waals surface area contributed by atoms with Crippen LogP contribution in [0, 0.1) is 17.0 Å². The predicted octanol–water partition coefficient (Wildman–Crippen LogP) is 0.877. The van der Waals surface area contributed by atoms with Gasteiger partial charge >= 0.3 is 195 Å². The van der Waals surface area contributed by atoms with Crippen LogP contribution >= 0.6 is 22.6 Å². The molecule has 1 aromatic carbocycles. The van der Waals surface area contributed by atoms with E-state index in [0.717, 1.165) is 33.3 Å². The normalized spacial score (nSPS) is 26.7. The third-order valence-corrected chi connectivity index (χ3v) is 8.96. The number of esters is 1. The Labute approximate surface area is 194 Å². The molecule has 0 saturated carbocycles. The van der Waals surface area contributed by atoms with E-state index in [2.05, 4.69) is 56.9 Å². The van der Waals surface area contributed by atoms with Gasteiger partial charge in [0.2, 0.25) is 0 Å². The van der Waals surface area contributed by atoms with Crippen LogP contribution in [0.3, 0.4) is 0 Å². The average molecular weight is 625 g/mol. The first-order valence-corrected chi connectivity index (χ1v) is 13.1. The molecule has 0 amide bonds. The molecule has 4 rings (SSSR count). The maximum atomic E-state index is 12.8. The molecular weight excluding hydrogens is 601 g/mol. The van der Waals surface area contributed by atoms with E-state index in [1.165, 1.54) is 16.2 Å². The summed E-state index contributed by atoms with van der Waals surface area (Å²) in [5.74, 6) is -0.169. The number of hydrogen-bond acceptors (Lipinski definition) is 5. The first kappa shape index (κ1) is 21.5. The minimum atomic E-state index is -0.374. The van der Waals surface area contributed by atoms with Crippen molar-refractivity contribution in [3.05, 3.63) is 46.9 Å². The van der Waals surface area contributed by atoms with E-state index in [1.54, 1.807) is 0 Å². The van der Waals surface area contributed by atoms with Crippen LogP contribution in [-0.2, 0) is 9.53 Å². The van der Waals surface area contributed by atoms with Crippen molar-refractivity contribution < 1.29 is 39.7 Å². The maximum absolute atomic E-state index is 12.8. The average Bonchev–Trinajstić information content (AvgIpc) is 3.26. The molecule has 2 aliphatic rings. The molecule has 2 saturated heterocycles. The first-order valence-electron chi connectivity index (χ1n) is 9.87. The minimum absolute atomic E-state index is 0.140. The first-order chi connectivity index (χ1) is 14.1. The number of alkyl halides is 1. The van der Waals surface area contributed by atoms with E-state index >= 15 is 0 Å². The number of nitrogens with zero attached hydrogens (tertiary/aromatic N) is 2. The van der Waals surface area contributed by atoms with Crippen molar-refractivity contribution in [2.45, 2.75) is 43.7 Å². The third kappa shape index (κ3) is 4.63. The molecule has 158 valence electrons. The molecule has 3 heterocycles. The van der Waals surface area contributed by atoms with Gasteiger partial charge < -0.3 is 0 Å². The molecule has 0 spiro atoms. The summed E-state index contributed by atoms with van der Waals surface area (Å²) in [6.45, 7) is 0.420. The topological polar surface area (TPSA) is 55.6 Å². The second-order valence-corrected chi connectivity index (χ2v) is 11.5. The van der Waals surface area contributed by atoms with Crippen LogP contribution in [0.1, 0.15) is 37.2 Å². The summed E-state index contributed by atoms with van der Waals surface area (Å²) in [5.41, 5.74) is 1.20. The summed E-state index contributed by atoms with van der Waals surface area (Å²) in [6, 6.07) is 11.2. The van der Waals surface area contributed by atoms with Crippen molar-refractivity contribution in [1.29, 1.82) is 0 Å². The van der Waals surface area contributed by atoms with Gasteiger partial charge in [0.05, 0.1) is 0 Å². The van der Waals surface area contributed by atoms with Crippen LogP contribution < -0.4 is 21.2 Å². The molecule has 8 heteroatoms. The van der Waals surface area contributed by atoms with Crippen LogP contribution in [0.15, 0.2) is 34.9 Å². The molecule has 29 heavy (non-hydrogen) atoms. The summed E-state index contributed by atoms with van der Waals surface area (Å²) in [4.78, 5) is 15.1. The fraction of sp³-hybridized carbons (Fsp3) is 0.524. The molecular formula is C21H24FI2N2O3-. The third-order valence-electron chi connectivity index (χ3n) is 6.04. The Morgan fingerprint density at radius 3 is 2.83 bits per heavy atom. The Balaban J connectivity index is 1.54. The summed E-state index contributed by atoms with van der Waals surface area (Å²) in [6.07, 6.45) is 3.53. The Kier molecular flexibility index (Phi) is 7.10. The molecule has 5 nitrogen and oxygen atoms in total. The number of rotatable bonds is 7. The second-order valence-electron chi connectivity index (χ2n) is 7.57. The van der Waals surface area contributed by atoms with Gasteiger partial charge in [0.25, 0.3) is 0 Å². The number of carbonyl (C=O) groups excluding carboxylic acids is 1. The van der Waals surface area contributed by atoms with Gasteiger partial charge in [0.15, 0.2) is 0 Å². The zero-order chi connectivity index (χ0) is 20.4. The summed E-state index contributed by atoms with van der Waals surface area (Å²) in [7, 11) is 1.47. The Bertz CT molecular complexity index is 845. The number of methoxy groups -OCH3 is 1. The van der Waals surface area contributed by atoms with Crippen molar-refractivity contribution in [2.24, 2.45) is 5.92 Å². The van der Waals surface area contributed by atoms with Gasteiger partial charge in [-0.3, -0.25) is 0 Å². The van der Waals surface area contributed by atoms with Gasteiger partial charge in [-0.25, -0.2) is 0 Å². The zero-order valence-electron chi connectivity index (χ0n) is 16.2. The van der Waals surface area contributed by atoms with Crippen molar-refractivity contribution in [3.63, 3.8) is 0 Å². The van der Waals surface area contributed by atoms with Crippen molar-refractivity contribution in [2.75, 3.05) is 20.3 Å². The number of halogens is 3. The van der Waals surface area contributed by atoms with Crippen LogP contribution in [0.2, 0.25) is 0 Å². The van der Waals surface area contributed by atoms with Gasteiger partial charge in [-0.05, 0) is 0 Å². The fourth-order valence-electron chi connectivity index (χ4n) is 4.87. The molecule has 2 bridgehead atoms. The number of aromatic nitrogens is 1. The summed E-state index contributed by atoms with van der Waals surface area (Å²) >= 11 is 1.75. The summed E-state index contributed by atoms with van der Waals surface area (Å²) in [5, 5.41) is 4.10. The molecule has 4 atom stereocenters. The molecule has 2 aromatic rings. The van der Waals surface area contributed by atoms with Gasteiger partial charge in [0, 0.05) is 0 Å². The molecule has 4 unspecified atom stereocenters. The van der Waals surface area contributed by atoms with Crippen molar-refractivity contribution in [1.82, 2.24) is 10.1 Å². The zero-order valence-corrected chi connectivity index (χ0v) is 20.5. The van der Waals surface area contributed by atoms with Gasteiger partial charge in [-0.15, -0.1) is 0 Å². The van der Waals surface area contributed by atoms with Gasteiger partial charge in [-0.1, -0.05) is 0 Å². The molecule has 0 radical (unpaired) electrons. The molecule has 2 fully saturated rings. The van der Waals surface area contributed by atoms with Gasteiger partial charge in [-0.2, -0.15) is 0 Å². The molecule has 1 aromatic heterocycles. The van der Waals surface area contributed by atoms with E-state index in [1.807, 2.05) is 6.07 Å². The van der Waals surface area contributed by atoms with E-state index < -0.39 is 0 Å². The number of carbonyl (C=O) groups is 1. The Hall–Kier alpha value is -0.750. The van der Waals surface area contributed by atoms with E-state index in [9.17, 15) is 9.18 Å². The quantitative estimate of drug-likeness (QED) is 0.338. The van der Waals surface area contributed by atoms with Crippen molar-refractivity contribution in [3.8, 4) is 0 Å². The second kappa shape index (κ2) is 9.59. The predicted molar refractivity (Wildman–Crippen MR) is 110 cm³/mol. The van der Waals surface area contributed by atoms with Crippen LogP contribution in [-0.4, -0.2) is 48.4 Å². The monoisotopic (exact) mass is 625 g/mol. The molecule has 0 N–H and O–H groups in total. The molecule has 2 aliphatic heterocycles. The number of fused-ring (bicyclic) bond motifs is 2. The van der Waals surface area contributed by atoms with E-state index in [-0.39, 0.29) is 51.7 Å².